The van der Waals surface area contributed by atoms with Crippen LogP contribution in [-0.4, -0.2) is 46.0 Å². The van der Waals surface area contributed by atoms with Gasteiger partial charge in [0.2, 0.25) is 5.91 Å². The van der Waals surface area contributed by atoms with Crippen molar-refractivity contribution in [1.29, 1.82) is 0 Å². The molecule has 2 heterocycles. The maximum absolute atomic E-state index is 12.3. The second-order valence-corrected chi connectivity index (χ2v) is 8.98. The summed E-state index contributed by atoms with van der Waals surface area (Å²) in [7, 11) is 0. The molecule has 0 spiro atoms. The van der Waals surface area contributed by atoms with Crippen LogP contribution in [0.25, 0.3) is 0 Å². The van der Waals surface area contributed by atoms with E-state index in [1.807, 2.05) is 22.0 Å². The van der Waals surface area contributed by atoms with Crippen molar-refractivity contribution in [2.24, 2.45) is 0 Å². The summed E-state index contributed by atoms with van der Waals surface area (Å²) in [6.45, 7) is 8.57. The number of amides is 1. The van der Waals surface area contributed by atoms with E-state index in [1.54, 1.807) is 17.5 Å². The highest BCUT2D eigenvalue weighted by Crippen LogP contribution is 2.26. The van der Waals surface area contributed by atoms with Gasteiger partial charge in [0, 0.05) is 29.3 Å². The van der Waals surface area contributed by atoms with Gasteiger partial charge < -0.3 is 9.64 Å². The summed E-state index contributed by atoms with van der Waals surface area (Å²) in [6.07, 6.45) is 3.31. The fourth-order valence-corrected chi connectivity index (χ4v) is 3.76. The molecule has 0 bridgehead atoms. The molecule has 1 aliphatic heterocycles. The highest BCUT2D eigenvalue weighted by molar-refractivity contribution is 8.00. The minimum absolute atomic E-state index is 0.0494. The van der Waals surface area contributed by atoms with Gasteiger partial charge in [-0.2, -0.15) is 11.8 Å². The molecule has 1 aromatic heterocycles. The van der Waals surface area contributed by atoms with E-state index in [4.69, 9.17) is 4.74 Å². The summed E-state index contributed by atoms with van der Waals surface area (Å²) in [4.78, 5) is 18.5. The monoisotopic (exact) mass is 328 g/mol. The van der Waals surface area contributed by atoms with E-state index in [9.17, 15) is 4.79 Å². The van der Waals surface area contributed by atoms with Crippen molar-refractivity contribution in [2.45, 2.75) is 44.5 Å². The molecule has 0 aliphatic carbocycles. The molecule has 1 unspecified atom stereocenters. The Kier molecular flexibility index (Phi) is 6.08. The normalized spacial score (nSPS) is 19.8. The molecule has 0 saturated carbocycles. The van der Waals surface area contributed by atoms with Crippen LogP contribution in [0.15, 0.2) is 11.6 Å². The van der Waals surface area contributed by atoms with Crippen LogP contribution in [0.1, 0.15) is 44.7 Å². The van der Waals surface area contributed by atoms with Gasteiger partial charge >= 0.3 is 0 Å². The average Bonchev–Trinajstić information content (AvgIpc) is 2.96. The Morgan fingerprint density at radius 3 is 3.05 bits per heavy atom. The molecule has 1 fully saturated rings. The summed E-state index contributed by atoms with van der Waals surface area (Å²) >= 11 is 3.51. The lowest BCUT2D eigenvalue weighted by Crippen LogP contribution is -2.42. The standard InChI is InChI=1S/C15H24N2O2S2/c1-15(2,3)21-9-4-5-13(18)17-7-8-19-12(11-17)14-16-6-10-20-14/h6,10,12H,4-5,7-9,11H2,1-3H3. The molecule has 4 nitrogen and oxygen atoms in total. The number of carbonyl (C=O) groups is 1. The molecule has 1 saturated heterocycles. The minimum atomic E-state index is -0.0494. The minimum Gasteiger partial charge on any atom is -0.367 e. The number of aromatic nitrogens is 1. The van der Waals surface area contributed by atoms with E-state index in [2.05, 4.69) is 25.8 Å². The first-order valence-corrected chi connectivity index (χ1v) is 9.25. The van der Waals surface area contributed by atoms with Gasteiger partial charge in [-0.05, 0) is 12.2 Å². The molecular formula is C15H24N2O2S2. The summed E-state index contributed by atoms with van der Waals surface area (Å²) in [5.74, 6) is 1.28. The second-order valence-electron chi connectivity index (χ2n) is 6.13. The van der Waals surface area contributed by atoms with Crippen molar-refractivity contribution >= 4 is 29.0 Å². The van der Waals surface area contributed by atoms with Crippen LogP contribution in [0, 0.1) is 0 Å². The number of nitrogens with zero attached hydrogens (tertiary/aromatic N) is 2. The molecular weight excluding hydrogens is 304 g/mol. The van der Waals surface area contributed by atoms with Gasteiger partial charge in [-0.15, -0.1) is 11.3 Å². The Bertz CT molecular complexity index is 443. The zero-order valence-corrected chi connectivity index (χ0v) is 14.6. The van der Waals surface area contributed by atoms with Gasteiger partial charge in [-0.3, -0.25) is 4.79 Å². The van der Waals surface area contributed by atoms with E-state index in [0.717, 1.165) is 17.2 Å². The number of morpholine rings is 1. The molecule has 6 heteroatoms. The Balaban J connectivity index is 1.74. The summed E-state index contributed by atoms with van der Waals surface area (Å²) in [6, 6.07) is 0. The van der Waals surface area contributed by atoms with Gasteiger partial charge in [0.1, 0.15) is 11.1 Å². The molecule has 0 aromatic carbocycles. The zero-order chi connectivity index (χ0) is 15.3. The van der Waals surface area contributed by atoms with Crippen LogP contribution in [0.3, 0.4) is 0 Å². The SMILES string of the molecule is CC(C)(C)SCCCC(=O)N1CCOC(c2nccs2)C1. The topological polar surface area (TPSA) is 42.4 Å². The Hall–Kier alpha value is -0.590. The van der Waals surface area contributed by atoms with Gasteiger partial charge in [0.25, 0.3) is 0 Å². The summed E-state index contributed by atoms with van der Waals surface area (Å²) < 4.78 is 6.00. The molecule has 1 aromatic rings. The molecule has 1 aliphatic rings. The largest absolute Gasteiger partial charge is 0.367 e. The number of thioether (sulfide) groups is 1. The first-order valence-electron chi connectivity index (χ1n) is 7.38. The maximum Gasteiger partial charge on any atom is 0.222 e. The highest BCUT2D eigenvalue weighted by Gasteiger charge is 2.26. The number of rotatable bonds is 5. The number of hydrogen-bond acceptors (Lipinski definition) is 5. The smallest absolute Gasteiger partial charge is 0.222 e. The molecule has 0 radical (unpaired) electrons. The Morgan fingerprint density at radius 1 is 1.57 bits per heavy atom. The van der Waals surface area contributed by atoms with E-state index < -0.39 is 0 Å². The molecule has 1 atom stereocenters. The second kappa shape index (κ2) is 7.61. The lowest BCUT2D eigenvalue weighted by atomic mass is 10.2. The number of thiazole rings is 1. The fraction of sp³-hybridized carbons (Fsp3) is 0.733. The highest BCUT2D eigenvalue weighted by atomic mass is 32.2. The predicted octanol–water partition coefficient (Wildman–Crippen LogP) is 3.35. The average molecular weight is 329 g/mol. The van der Waals surface area contributed by atoms with Gasteiger partial charge in [0.05, 0.1) is 13.2 Å². The van der Waals surface area contributed by atoms with Crippen LogP contribution >= 0.6 is 23.1 Å². The molecule has 118 valence electrons. The number of carbonyl (C=O) groups excluding carboxylic acids is 1. The Labute approximate surface area is 135 Å². The lowest BCUT2D eigenvalue weighted by molar-refractivity contribution is -0.139. The van der Waals surface area contributed by atoms with Crippen molar-refractivity contribution in [3.05, 3.63) is 16.6 Å². The first-order chi connectivity index (χ1) is 9.96. The van der Waals surface area contributed by atoms with Crippen LogP contribution in [0.4, 0.5) is 0 Å². The third-order valence-electron chi connectivity index (χ3n) is 3.22. The van der Waals surface area contributed by atoms with E-state index in [-0.39, 0.29) is 16.8 Å². The van der Waals surface area contributed by atoms with Crippen molar-refractivity contribution in [3.63, 3.8) is 0 Å². The molecule has 21 heavy (non-hydrogen) atoms. The van der Waals surface area contributed by atoms with Crippen LogP contribution in [0.2, 0.25) is 0 Å². The zero-order valence-electron chi connectivity index (χ0n) is 13.0. The Morgan fingerprint density at radius 2 is 2.38 bits per heavy atom. The molecule has 1 amide bonds. The summed E-state index contributed by atoms with van der Waals surface area (Å²) in [5, 5.41) is 2.92. The third-order valence-corrected chi connectivity index (χ3v) is 5.44. The van der Waals surface area contributed by atoms with Gasteiger partial charge in [-0.25, -0.2) is 4.98 Å². The maximum atomic E-state index is 12.3. The molecule has 0 N–H and O–H groups in total. The first kappa shape index (κ1) is 16.8. The van der Waals surface area contributed by atoms with Crippen LogP contribution < -0.4 is 0 Å². The fourth-order valence-electron chi connectivity index (χ4n) is 2.18. The van der Waals surface area contributed by atoms with Crippen molar-refractivity contribution in [3.8, 4) is 0 Å². The van der Waals surface area contributed by atoms with Crippen molar-refractivity contribution in [2.75, 3.05) is 25.4 Å². The third kappa shape index (κ3) is 5.60. The molecule has 2 rings (SSSR count). The van der Waals surface area contributed by atoms with Crippen LogP contribution in [-0.2, 0) is 9.53 Å². The number of hydrogen-bond donors (Lipinski definition) is 0. The van der Waals surface area contributed by atoms with E-state index in [0.29, 0.717) is 26.1 Å². The predicted molar refractivity (Wildman–Crippen MR) is 88.8 cm³/mol. The van der Waals surface area contributed by atoms with E-state index >= 15 is 0 Å². The van der Waals surface area contributed by atoms with Crippen LogP contribution in [0.5, 0.6) is 0 Å². The van der Waals surface area contributed by atoms with Crippen molar-refractivity contribution in [1.82, 2.24) is 9.88 Å². The quantitative estimate of drug-likeness (QED) is 0.777. The van der Waals surface area contributed by atoms with Gasteiger partial charge in [0.15, 0.2) is 0 Å². The summed E-state index contributed by atoms with van der Waals surface area (Å²) in [5.41, 5.74) is 0. The van der Waals surface area contributed by atoms with Crippen molar-refractivity contribution < 1.29 is 9.53 Å². The van der Waals surface area contributed by atoms with E-state index in [1.165, 1.54) is 0 Å². The lowest BCUT2D eigenvalue weighted by Gasteiger charge is -2.32. The number of ether oxygens (including phenoxy) is 1. The van der Waals surface area contributed by atoms with Gasteiger partial charge in [-0.1, -0.05) is 20.8 Å².